The predicted octanol–water partition coefficient (Wildman–Crippen LogP) is 0.539. The lowest BCUT2D eigenvalue weighted by Crippen LogP contribution is -2.70. The van der Waals surface area contributed by atoms with Gasteiger partial charge in [-0.25, -0.2) is 14.4 Å². The molecule has 1 unspecified atom stereocenters. The third kappa shape index (κ3) is 4.69. The van der Waals surface area contributed by atoms with E-state index in [0.717, 1.165) is 4.90 Å². The number of nitrogens with zero attached hydrogens (tertiary/aromatic N) is 2. The summed E-state index contributed by atoms with van der Waals surface area (Å²) in [5.41, 5.74) is 5.19. The number of nitrogens with two attached hydrogens (primary N) is 1. The maximum atomic E-state index is 12.5. The number of nitro benzene ring substituents is 1. The molecule has 3 amide bonds. The van der Waals surface area contributed by atoms with Gasteiger partial charge in [0.05, 0.1) is 4.92 Å². The van der Waals surface area contributed by atoms with Crippen molar-refractivity contribution in [1.82, 2.24) is 10.2 Å². The zero-order valence-electron chi connectivity index (χ0n) is 15.7. The molecule has 0 saturated carbocycles. The minimum Gasteiger partial charge on any atom is -0.477 e. The number of β-lactam (4-membered cyclic amide) rings is 1. The number of benzene rings is 1. The van der Waals surface area contributed by atoms with Gasteiger partial charge in [-0.1, -0.05) is 0 Å². The standard InChI is InChI=1S/C17H16N4O9S/c18-16(25)29-6-9-7-31-14-11(13(22)20(14)12(9)15(23)24)19-17(26)30-5-8-1-3-10(4-2-8)21(27)28/h1-4,11,14H,5-7H2,(H2,18,25)(H,19,26)(H,23,24)/t11?,14-/m1/s1. The van der Waals surface area contributed by atoms with Gasteiger partial charge in [-0.3, -0.25) is 19.8 Å². The van der Waals surface area contributed by atoms with E-state index in [2.05, 4.69) is 10.1 Å². The molecule has 13 nitrogen and oxygen atoms in total. The Balaban J connectivity index is 1.59. The first-order chi connectivity index (χ1) is 14.7. The maximum Gasteiger partial charge on any atom is 0.408 e. The molecule has 1 saturated heterocycles. The molecule has 0 spiro atoms. The van der Waals surface area contributed by atoms with Crippen molar-refractivity contribution in [3.8, 4) is 0 Å². The van der Waals surface area contributed by atoms with Gasteiger partial charge in [0.25, 0.3) is 11.6 Å². The molecule has 0 bridgehead atoms. The van der Waals surface area contributed by atoms with Crippen molar-refractivity contribution in [2.45, 2.75) is 18.0 Å². The normalized spacial score (nSPS) is 19.7. The van der Waals surface area contributed by atoms with Crippen LogP contribution in [0, 0.1) is 10.1 Å². The quantitative estimate of drug-likeness (QED) is 0.299. The van der Waals surface area contributed by atoms with Crippen LogP contribution in [0.15, 0.2) is 35.5 Å². The van der Waals surface area contributed by atoms with Gasteiger partial charge in [0.2, 0.25) is 0 Å². The Bertz CT molecular complexity index is 978. The second-order valence-electron chi connectivity index (χ2n) is 6.40. The minimum absolute atomic E-state index is 0.106. The Morgan fingerprint density at radius 3 is 2.52 bits per heavy atom. The summed E-state index contributed by atoms with van der Waals surface area (Å²) < 4.78 is 9.65. The molecule has 14 heteroatoms. The fourth-order valence-electron chi connectivity index (χ4n) is 2.98. The number of carboxylic acids is 1. The van der Waals surface area contributed by atoms with Gasteiger partial charge in [0, 0.05) is 23.5 Å². The van der Waals surface area contributed by atoms with Crippen molar-refractivity contribution in [1.29, 1.82) is 0 Å². The summed E-state index contributed by atoms with van der Waals surface area (Å²) in [6.45, 7) is -0.545. The Kier molecular flexibility index (Phi) is 6.29. The summed E-state index contributed by atoms with van der Waals surface area (Å²) in [5.74, 6) is -1.88. The number of hydrogen-bond donors (Lipinski definition) is 3. The van der Waals surface area contributed by atoms with Crippen LogP contribution in [0.5, 0.6) is 0 Å². The van der Waals surface area contributed by atoms with Crippen LogP contribution in [-0.2, 0) is 25.7 Å². The number of non-ortho nitro benzene ring substituents is 1. The van der Waals surface area contributed by atoms with E-state index in [-0.39, 0.29) is 35.9 Å². The number of aliphatic carboxylic acids is 1. The molecule has 0 aliphatic carbocycles. The molecule has 0 aromatic heterocycles. The molecular formula is C17H16N4O9S. The Labute approximate surface area is 178 Å². The summed E-state index contributed by atoms with van der Waals surface area (Å²) in [6, 6.07) is 4.39. The second-order valence-corrected chi connectivity index (χ2v) is 7.50. The van der Waals surface area contributed by atoms with E-state index in [1.54, 1.807) is 0 Å². The number of amides is 3. The van der Waals surface area contributed by atoms with Crippen LogP contribution in [0.25, 0.3) is 0 Å². The van der Waals surface area contributed by atoms with Crippen LogP contribution >= 0.6 is 11.8 Å². The molecule has 164 valence electrons. The van der Waals surface area contributed by atoms with Crippen molar-refractivity contribution in [3.63, 3.8) is 0 Å². The topological polar surface area (TPSA) is 191 Å². The number of carboxylic acid groups (broad SMARTS) is 1. The molecule has 1 aromatic rings. The van der Waals surface area contributed by atoms with Crippen LogP contribution in [-0.4, -0.2) is 62.8 Å². The molecule has 0 radical (unpaired) electrons. The molecular weight excluding hydrogens is 436 g/mol. The van der Waals surface area contributed by atoms with Crippen LogP contribution in [0.1, 0.15) is 5.56 Å². The van der Waals surface area contributed by atoms with Gasteiger partial charge in [0.1, 0.15) is 30.3 Å². The minimum atomic E-state index is -1.37. The van der Waals surface area contributed by atoms with Crippen LogP contribution in [0.3, 0.4) is 0 Å². The zero-order valence-corrected chi connectivity index (χ0v) is 16.5. The largest absolute Gasteiger partial charge is 0.477 e. The SMILES string of the molecule is NC(=O)OCC1=C(C(=O)O)N2C(=O)C(NC(=O)OCc3ccc([N+](=O)[O-])cc3)[C@H]2SC1. The summed E-state index contributed by atoms with van der Waals surface area (Å²) in [4.78, 5) is 58.0. The van der Waals surface area contributed by atoms with Crippen LogP contribution in [0.2, 0.25) is 0 Å². The Morgan fingerprint density at radius 2 is 1.94 bits per heavy atom. The molecule has 1 aromatic carbocycles. The van der Waals surface area contributed by atoms with Crippen LogP contribution < -0.4 is 11.1 Å². The number of primary amides is 1. The van der Waals surface area contributed by atoms with Crippen LogP contribution in [0.4, 0.5) is 15.3 Å². The monoisotopic (exact) mass is 452 g/mol. The number of ether oxygens (including phenoxy) is 2. The lowest BCUT2D eigenvalue weighted by molar-refractivity contribution is -0.384. The molecule has 3 rings (SSSR count). The van der Waals surface area contributed by atoms with Gasteiger partial charge >= 0.3 is 18.2 Å². The lowest BCUT2D eigenvalue weighted by atomic mass is 10.0. The van der Waals surface area contributed by atoms with Gasteiger partial charge in [-0.2, -0.15) is 0 Å². The number of nitrogens with one attached hydrogen (secondary N) is 1. The van der Waals surface area contributed by atoms with Crippen molar-refractivity contribution < 1.29 is 38.7 Å². The summed E-state index contributed by atoms with van der Waals surface area (Å²) in [6.07, 6.45) is -1.98. The molecule has 4 N–H and O–H groups in total. The van der Waals surface area contributed by atoms with Crippen molar-refractivity contribution >= 4 is 41.5 Å². The number of carbonyl (C=O) groups is 4. The van der Waals surface area contributed by atoms with E-state index in [1.807, 2.05) is 0 Å². The van der Waals surface area contributed by atoms with Crippen molar-refractivity contribution in [2.75, 3.05) is 12.4 Å². The lowest BCUT2D eigenvalue weighted by Gasteiger charge is -2.49. The predicted molar refractivity (Wildman–Crippen MR) is 103 cm³/mol. The summed E-state index contributed by atoms with van der Waals surface area (Å²) >= 11 is 1.18. The van der Waals surface area contributed by atoms with Gasteiger partial charge in [0.15, 0.2) is 0 Å². The van der Waals surface area contributed by atoms with Gasteiger partial charge in [-0.05, 0) is 17.7 Å². The highest BCUT2D eigenvalue weighted by molar-refractivity contribution is 8.00. The van der Waals surface area contributed by atoms with E-state index in [9.17, 15) is 34.4 Å². The molecule has 2 heterocycles. The summed E-state index contributed by atoms with van der Waals surface area (Å²) in [7, 11) is 0. The molecule has 1 fully saturated rings. The Hall–Kier alpha value is -3.81. The number of alkyl carbamates (subject to hydrolysis) is 1. The second kappa shape index (κ2) is 8.91. The van der Waals surface area contributed by atoms with Gasteiger partial charge < -0.3 is 25.6 Å². The fraction of sp³-hybridized carbons (Fsp3) is 0.294. The highest BCUT2D eigenvalue weighted by Crippen LogP contribution is 2.40. The zero-order chi connectivity index (χ0) is 22.7. The average molecular weight is 452 g/mol. The van der Waals surface area contributed by atoms with E-state index in [4.69, 9.17) is 10.5 Å². The first-order valence-corrected chi connectivity index (χ1v) is 9.72. The fourth-order valence-corrected chi connectivity index (χ4v) is 4.31. The first kappa shape index (κ1) is 21.9. The van der Waals surface area contributed by atoms with E-state index < -0.39 is 40.4 Å². The van der Waals surface area contributed by atoms with Crippen molar-refractivity contribution in [3.05, 3.63) is 51.2 Å². The Morgan fingerprint density at radius 1 is 1.26 bits per heavy atom. The molecule has 2 atom stereocenters. The number of carbonyl (C=O) groups excluding carboxylic acids is 3. The number of rotatable bonds is 7. The van der Waals surface area contributed by atoms with Gasteiger partial charge in [-0.15, -0.1) is 11.8 Å². The molecule has 2 aliphatic heterocycles. The average Bonchev–Trinajstić information content (AvgIpc) is 2.73. The third-order valence-corrected chi connectivity index (χ3v) is 5.77. The highest BCUT2D eigenvalue weighted by Gasteiger charge is 2.54. The molecule has 2 aliphatic rings. The number of nitro groups is 1. The molecule has 31 heavy (non-hydrogen) atoms. The highest BCUT2D eigenvalue weighted by atomic mass is 32.2. The number of fused-ring (bicyclic) bond motifs is 1. The van der Waals surface area contributed by atoms with E-state index in [1.165, 1.54) is 36.0 Å². The number of thioether (sulfide) groups is 1. The maximum absolute atomic E-state index is 12.5. The summed E-state index contributed by atoms with van der Waals surface area (Å²) in [5, 5.41) is 21.8. The third-order valence-electron chi connectivity index (χ3n) is 4.43. The number of hydrogen-bond acceptors (Lipinski definition) is 9. The first-order valence-electron chi connectivity index (χ1n) is 8.68. The van der Waals surface area contributed by atoms with E-state index >= 15 is 0 Å². The smallest absolute Gasteiger partial charge is 0.408 e. The van der Waals surface area contributed by atoms with E-state index in [0.29, 0.717) is 5.56 Å². The van der Waals surface area contributed by atoms with Crippen molar-refractivity contribution in [2.24, 2.45) is 5.73 Å².